The highest BCUT2D eigenvalue weighted by Gasteiger charge is 2.03. The van der Waals surface area contributed by atoms with Crippen LogP contribution in [0.3, 0.4) is 0 Å². The van der Waals surface area contributed by atoms with E-state index in [2.05, 4.69) is 0 Å². The van der Waals surface area contributed by atoms with E-state index < -0.39 is 5.97 Å². The fourth-order valence-corrected chi connectivity index (χ4v) is 2.04. The van der Waals surface area contributed by atoms with Crippen molar-refractivity contribution in [1.29, 1.82) is 0 Å². The summed E-state index contributed by atoms with van der Waals surface area (Å²) in [5.41, 5.74) is 0.280. The number of aromatic carboxylic acids is 1. The predicted molar refractivity (Wildman–Crippen MR) is 59.4 cm³/mol. The van der Waals surface area contributed by atoms with Gasteiger partial charge in [0.15, 0.2) is 0 Å². The molecule has 0 amide bonds. The highest BCUT2D eigenvalue weighted by Crippen LogP contribution is 2.19. The van der Waals surface area contributed by atoms with E-state index in [0.29, 0.717) is 12.2 Å². The topological polar surface area (TPSA) is 54.4 Å². The number of carboxylic acids is 1. The summed E-state index contributed by atoms with van der Waals surface area (Å²) in [5, 5.41) is 8.76. The van der Waals surface area contributed by atoms with Crippen LogP contribution in [-0.2, 0) is 4.79 Å². The van der Waals surface area contributed by atoms with Crippen molar-refractivity contribution in [2.75, 3.05) is 5.75 Å². The molecule has 0 heterocycles. The number of Topliss-reactive ketones (excluding diaryl/α,β-unsaturated/α-hetero) is 1. The second-order valence-electron chi connectivity index (χ2n) is 3.13. The third-order valence-electron chi connectivity index (χ3n) is 1.80. The zero-order valence-corrected chi connectivity index (χ0v) is 9.21. The Bertz CT molecular complexity index is 374. The van der Waals surface area contributed by atoms with E-state index in [1.54, 1.807) is 25.1 Å². The fourth-order valence-electron chi connectivity index (χ4n) is 1.03. The molecule has 0 saturated carbocycles. The minimum atomic E-state index is -0.927. The molecule has 0 radical (unpaired) electrons. The number of carboxylic acid groups (broad SMARTS) is 1. The zero-order valence-electron chi connectivity index (χ0n) is 8.40. The number of carbonyl (C=O) groups is 2. The largest absolute Gasteiger partial charge is 0.478 e. The Labute approximate surface area is 92.5 Å². The van der Waals surface area contributed by atoms with Crippen LogP contribution < -0.4 is 0 Å². The predicted octanol–water partition coefficient (Wildman–Crippen LogP) is 2.46. The number of benzene rings is 1. The fraction of sp³-hybridized carbons (Fsp3) is 0.273. The van der Waals surface area contributed by atoms with Crippen LogP contribution >= 0.6 is 11.8 Å². The molecule has 1 rings (SSSR count). The first-order valence-corrected chi connectivity index (χ1v) is 5.54. The molecule has 0 spiro atoms. The van der Waals surface area contributed by atoms with Crippen molar-refractivity contribution in [3.63, 3.8) is 0 Å². The molecule has 4 heteroatoms. The molecule has 15 heavy (non-hydrogen) atoms. The van der Waals surface area contributed by atoms with Gasteiger partial charge in [0.05, 0.1) is 5.56 Å². The van der Waals surface area contributed by atoms with Gasteiger partial charge in [0, 0.05) is 17.1 Å². The second kappa shape index (κ2) is 5.56. The quantitative estimate of drug-likeness (QED) is 0.780. The Morgan fingerprint density at radius 1 is 1.40 bits per heavy atom. The summed E-state index contributed by atoms with van der Waals surface area (Å²) in [6.07, 6.45) is 0.516. The molecule has 0 saturated heterocycles. The number of carbonyl (C=O) groups excluding carboxylic acids is 1. The lowest BCUT2D eigenvalue weighted by atomic mass is 10.2. The highest BCUT2D eigenvalue weighted by molar-refractivity contribution is 7.99. The molecule has 0 aliphatic heterocycles. The third-order valence-corrected chi connectivity index (χ3v) is 2.80. The van der Waals surface area contributed by atoms with E-state index in [1.165, 1.54) is 11.8 Å². The van der Waals surface area contributed by atoms with Gasteiger partial charge < -0.3 is 5.11 Å². The van der Waals surface area contributed by atoms with E-state index in [-0.39, 0.29) is 11.3 Å². The molecule has 0 fully saturated rings. The van der Waals surface area contributed by atoms with Gasteiger partial charge in [0.1, 0.15) is 5.78 Å². The van der Waals surface area contributed by atoms with Crippen LogP contribution in [0.2, 0.25) is 0 Å². The standard InChI is InChI=1S/C11H12O3S/c1-8(12)5-6-15-10-4-2-3-9(7-10)11(13)14/h2-4,7H,5-6H2,1H3,(H,13,14). The van der Waals surface area contributed by atoms with Gasteiger partial charge in [-0.05, 0) is 25.1 Å². The minimum absolute atomic E-state index is 0.150. The molecule has 3 nitrogen and oxygen atoms in total. The number of rotatable bonds is 5. The summed E-state index contributed by atoms with van der Waals surface area (Å²) in [4.78, 5) is 22.3. The van der Waals surface area contributed by atoms with Crippen molar-refractivity contribution in [2.45, 2.75) is 18.2 Å². The van der Waals surface area contributed by atoms with Crippen molar-refractivity contribution in [3.05, 3.63) is 29.8 Å². The molecular formula is C11H12O3S. The van der Waals surface area contributed by atoms with Crippen LogP contribution in [0.4, 0.5) is 0 Å². The van der Waals surface area contributed by atoms with Gasteiger partial charge in [-0.1, -0.05) is 6.07 Å². The molecule has 1 N–H and O–H groups in total. The molecule has 0 unspecified atom stereocenters. The summed E-state index contributed by atoms with van der Waals surface area (Å²) < 4.78 is 0. The molecule has 0 aliphatic carbocycles. The zero-order chi connectivity index (χ0) is 11.3. The van der Waals surface area contributed by atoms with Crippen LogP contribution in [-0.4, -0.2) is 22.6 Å². The molecule has 1 aromatic rings. The molecule has 1 aromatic carbocycles. The highest BCUT2D eigenvalue weighted by atomic mass is 32.2. The Morgan fingerprint density at radius 3 is 2.73 bits per heavy atom. The molecule has 0 aliphatic rings. The molecule has 0 aromatic heterocycles. The maximum Gasteiger partial charge on any atom is 0.335 e. The van der Waals surface area contributed by atoms with Crippen LogP contribution in [0.15, 0.2) is 29.2 Å². The van der Waals surface area contributed by atoms with Crippen LogP contribution in [0.1, 0.15) is 23.7 Å². The summed E-state index contributed by atoms with van der Waals surface area (Å²) in [6.45, 7) is 1.55. The van der Waals surface area contributed by atoms with Gasteiger partial charge in [-0.2, -0.15) is 0 Å². The van der Waals surface area contributed by atoms with Gasteiger partial charge >= 0.3 is 5.97 Å². The average molecular weight is 224 g/mol. The summed E-state index contributed by atoms with van der Waals surface area (Å²) in [7, 11) is 0. The first kappa shape index (κ1) is 11.8. The van der Waals surface area contributed by atoms with Crippen LogP contribution in [0.25, 0.3) is 0 Å². The molecule has 80 valence electrons. The molecule has 0 atom stereocenters. The van der Waals surface area contributed by atoms with Gasteiger partial charge in [-0.25, -0.2) is 4.79 Å². The molecular weight excluding hydrogens is 212 g/mol. The van der Waals surface area contributed by atoms with E-state index in [9.17, 15) is 9.59 Å². The Hall–Kier alpha value is -1.29. The van der Waals surface area contributed by atoms with Gasteiger partial charge in [0.2, 0.25) is 0 Å². The van der Waals surface area contributed by atoms with Gasteiger partial charge in [-0.15, -0.1) is 11.8 Å². The van der Waals surface area contributed by atoms with Crippen molar-refractivity contribution in [1.82, 2.24) is 0 Å². The number of hydrogen-bond acceptors (Lipinski definition) is 3. The maximum absolute atomic E-state index is 10.7. The van der Waals surface area contributed by atoms with Crippen molar-refractivity contribution in [2.24, 2.45) is 0 Å². The van der Waals surface area contributed by atoms with E-state index in [0.717, 1.165) is 4.90 Å². The minimum Gasteiger partial charge on any atom is -0.478 e. The van der Waals surface area contributed by atoms with Gasteiger partial charge in [0.25, 0.3) is 0 Å². The van der Waals surface area contributed by atoms with Gasteiger partial charge in [-0.3, -0.25) is 4.79 Å². The maximum atomic E-state index is 10.7. The first-order chi connectivity index (χ1) is 7.09. The normalized spacial score (nSPS) is 9.93. The number of hydrogen-bond donors (Lipinski definition) is 1. The first-order valence-electron chi connectivity index (χ1n) is 4.55. The van der Waals surface area contributed by atoms with Crippen molar-refractivity contribution in [3.8, 4) is 0 Å². The smallest absolute Gasteiger partial charge is 0.335 e. The Morgan fingerprint density at radius 2 is 2.13 bits per heavy atom. The lowest BCUT2D eigenvalue weighted by Crippen LogP contribution is -1.96. The third kappa shape index (κ3) is 4.16. The number of ketones is 1. The SMILES string of the molecule is CC(=O)CCSc1cccc(C(=O)O)c1. The van der Waals surface area contributed by atoms with E-state index in [4.69, 9.17) is 5.11 Å². The number of thioether (sulfide) groups is 1. The second-order valence-corrected chi connectivity index (χ2v) is 4.30. The van der Waals surface area contributed by atoms with E-state index >= 15 is 0 Å². The van der Waals surface area contributed by atoms with Crippen LogP contribution in [0.5, 0.6) is 0 Å². The van der Waals surface area contributed by atoms with Crippen LogP contribution in [0, 0.1) is 0 Å². The monoisotopic (exact) mass is 224 g/mol. The lowest BCUT2D eigenvalue weighted by molar-refractivity contribution is -0.116. The molecule has 0 bridgehead atoms. The average Bonchev–Trinajstić information content (AvgIpc) is 2.17. The summed E-state index contributed by atoms with van der Waals surface area (Å²) >= 11 is 1.50. The van der Waals surface area contributed by atoms with Crippen molar-refractivity contribution < 1.29 is 14.7 Å². The Kier molecular flexibility index (Phi) is 4.37. The summed E-state index contributed by atoms with van der Waals surface area (Å²) in [6, 6.07) is 6.72. The van der Waals surface area contributed by atoms with E-state index in [1.807, 2.05) is 6.07 Å². The Balaban J connectivity index is 2.58. The summed E-state index contributed by atoms with van der Waals surface area (Å²) in [5.74, 6) is -0.0841. The van der Waals surface area contributed by atoms with Crippen molar-refractivity contribution >= 4 is 23.5 Å². The lowest BCUT2D eigenvalue weighted by Gasteiger charge is -2.01.